The highest BCUT2D eigenvalue weighted by Gasteiger charge is 2.46. The Bertz CT molecular complexity index is 1020. The molecule has 4 N–H and O–H groups in total. The molecule has 1 heterocycles. The molecule has 3 unspecified atom stereocenters. The van der Waals surface area contributed by atoms with Crippen molar-refractivity contribution in [3.05, 3.63) is 12.7 Å². The number of hydrogen-bond donors (Lipinski definition) is 4. The highest BCUT2D eigenvalue weighted by atomic mass is 16.5. The van der Waals surface area contributed by atoms with Gasteiger partial charge in [-0.15, -0.1) is 6.58 Å². The van der Waals surface area contributed by atoms with E-state index in [-0.39, 0.29) is 37.6 Å². The number of nitrogens with zero attached hydrogens (tertiary/aromatic N) is 1. The van der Waals surface area contributed by atoms with E-state index in [1.807, 2.05) is 20.8 Å². The van der Waals surface area contributed by atoms with Gasteiger partial charge in [0.25, 0.3) is 5.91 Å². The van der Waals surface area contributed by atoms with Crippen molar-refractivity contribution in [3.8, 4) is 0 Å². The third kappa shape index (κ3) is 9.86. The van der Waals surface area contributed by atoms with Gasteiger partial charge in [-0.3, -0.25) is 24.0 Å². The first kappa shape index (κ1) is 33.8. The summed E-state index contributed by atoms with van der Waals surface area (Å²) in [4.78, 5) is 78.0. The fourth-order valence-electron chi connectivity index (χ4n) is 4.73. The van der Waals surface area contributed by atoms with Crippen LogP contribution in [0.15, 0.2) is 12.7 Å². The van der Waals surface area contributed by atoms with Crippen LogP contribution < -0.4 is 21.3 Å². The van der Waals surface area contributed by atoms with Crippen LogP contribution in [0.3, 0.4) is 0 Å². The van der Waals surface area contributed by atoms with E-state index in [9.17, 15) is 28.8 Å². The zero-order valence-electron chi connectivity index (χ0n) is 25.4. The number of ketones is 1. The molecule has 1 saturated carbocycles. The fraction of sp³-hybridized carbons (Fsp3) is 0.724. The van der Waals surface area contributed by atoms with Crippen LogP contribution in [0.1, 0.15) is 67.7 Å². The molecule has 0 aromatic rings. The van der Waals surface area contributed by atoms with Gasteiger partial charge in [0.05, 0.1) is 6.04 Å². The molecular weight excluding hydrogens is 530 g/mol. The second-order valence-corrected chi connectivity index (χ2v) is 12.5. The molecule has 1 aliphatic carbocycles. The highest BCUT2D eigenvalue weighted by molar-refractivity contribution is 6.38. The lowest BCUT2D eigenvalue weighted by molar-refractivity contribution is -0.147. The van der Waals surface area contributed by atoms with E-state index in [1.54, 1.807) is 20.8 Å². The van der Waals surface area contributed by atoms with Crippen molar-refractivity contribution in [2.24, 2.45) is 23.2 Å². The SMILES string of the molecule is C=CCNC(=O)C(=O)C(C)NC(=O)[C@@H]1C[C@@H](C(C)C)CN1C(=O)C(NC(=O)NCC(=O)OC(C)C1CC1)C(C)(C)C. The van der Waals surface area contributed by atoms with Crippen molar-refractivity contribution in [1.82, 2.24) is 26.2 Å². The van der Waals surface area contributed by atoms with Gasteiger partial charge in [-0.2, -0.15) is 0 Å². The van der Waals surface area contributed by atoms with E-state index in [4.69, 9.17) is 4.74 Å². The molecule has 2 rings (SSSR count). The van der Waals surface area contributed by atoms with Gasteiger partial charge in [-0.05, 0) is 56.3 Å². The molecule has 0 bridgehead atoms. The standard InChI is InChI=1S/C29H47N5O7/c1-9-12-30-26(38)23(36)17(4)32-25(37)21-13-20(16(2)3)15-34(21)27(39)24(29(6,7)8)33-28(40)31-14-22(35)41-18(5)19-10-11-19/h9,16-21,24H,1,10-15H2,2-8H3,(H,30,38)(H,32,37)(H2,31,33,40)/t17?,18?,20-,21+,24?/m1/s1. The van der Waals surface area contributed by atoms with Gasteiger partial charge in [0, 0.05) is 13.1 Å². The lowest BCUT2D eigenvalue weighted by Crippen LogP contribution is -2.60. The number of carbonyl (C=O) groups excluding carboxylic acids is 6. The van der Waals surface area contributed by atoms with E-state index >= 15 is 0 Å². The van der Waals surface area contributed by atoms with Crippen LogP contribution in [-0.2, 0) is 28.7 Å². The molecule has 12 heteroatoms. The monoisotopic (exact) mass is 577 g/mol. The maximum absolute atomic E-state index is 13.9. The van der Waals surface area contributed by atoms with E-state index in [0.29, 0.717) is 12.3 Å². The minimum atomic E-state index is -1.10. The van der Waals surface area contributed by atoms with Crippen molar-refractivity contribution in [2.75, 3.05) is 19.6 Å². The number of likely N-dealkylation sites (tertiary alicyclic amines) is 1. The summed E-state index contributed by atoms with van der Waals surface area (Å²) >= 11 is 0. The average Bonchev–Trinajstić information content (AvgIpc) is 3.65. The molecule has 0 radical (unpaired) electrons. The van der Waals surface area contributed by atoms with Gasteiger partial charge in [0.15, 0.2) is 0 Å². The Labute approximate surface area is 242 Å². The minimum absolute atomic E-state index is 0.00858. The zero-order valence-corrected chi connectivity index (χ0v) is 25.4. The molecule has 230 valence electrons. The third-order valence-electron chi connectivity index (χ3n) is 7.63. The number of amides is 5. The van der Waals surface area contributed by atoms with Crippen LogP contribution in [0, 0.1) is 23.2 Å². The number of rotatable bonds is 13. The smallest absolute Gasteiger partial charge is 0.325 e. The summed E-state index contributed by atoms with van der Waals surface area (Å²) < 4.78 is 5.33. The Hall–Kier alpha value is -3.44. The second kappa shape index (κ2) is 14.5. The maximum Gasteiger partial charge on any atom is 0.325 e. The molecule has 0 aromatic heterocycles. The predicted molar refractivity (Wildman–Crippen MR) is 152 cm³/mol. The van der Waals surface area contributed by atoms with Crippen LogP contribution in [0.5, 0.6) is 0 Å². The Morgan fingerprint density at radius 2 is 1.61 bits per heavy atom. The molecule has 2 fully saturated rings. The summed E-state index contributed by atoms with van der Waals surface area (Å²) in [5, 5.41) is 10.1. The predicted octanol–water partition coefficient (Wildman–Crippen LogP) is 1.29. The van der Waals surface area contributed by atoms with Gasteiger partial charge in [0.1, 0.15) is 24.7 Å². The van der Waals surface area contributed by atoms with Crippen LogP contribution in [0.25, 0.3) is 0 Å². The molecule has 0 spiro atoms. The summed E-state index contributed by atoms with van der Waals surface area (Å²) in [6, 6.07) is -3.73. The second-order valence-electron chi connectivity index (χ2n) is 12.5. The lowest BCUT2D eigenvalue weighted by atomic mass is 9.85. The summed E-state index contributed by atoms with van der Waals surface area (Å²) in [6.07, 6.45) is 3.63. The average molecular weight is 578 g/mol. The van der Waals surface area contributed by atoms with Gasteiger partial charge >= 0.3 is 12.0 Å². The highest BCUT2D eigenvalue weighted by Crippen LogP contribution is 2.34. The van der Waals surface area contributed by atoms with E-state index in [1.165, 1.54) is 17.9 Å². The fourth-order valence-corrected chi connectivity index (χ4v) is 4.73. The topological polar surface area (TPSA) is 163 Å². The number of ether oxygens (including phenoxy) is 1. The lowest BCUT2D eigenvalue weighted by Gasteiger charge is -2.35. The first-order valence-corrected chi connectivity index (χ1v) is 14.3. The summed E-state index contributed by atoms with van der Waals surface area (Å²) in [5.74, 6) is -2.68. The van der Waals surface area contributed by atoms with Gasteiger partial charge in [-0.1, -0.05) is 40.7 Å². The number of nitrogens with one attached hydrogen (secondary N) is 4. The Kier molecular flexibility index (Phi) is 11.9. The summed E-state index contributed by atoms with van der Waals surface area (Å²) in [7, 11) is 0. The zero-order chi connectivity index (χ0) is 31.1. The van der Waals surface area contributed by atoms with Crippen molar-refractivity contribution in [3.63, 3.8) is 0 Å². The number of urea groups is 1. The van der Waals surface area contributed by atoms with Crippen LogP contribution in [0.2, 0.25) is 0 Å². The van der Waals surface area contributed by atoms with Gasteiger partial charge in [-0.25, -0.2) is 4.79 Å². The number of hydrogen-bond acceptors (Lipinski definition) is 7. The van der Waals surface area contributed by atoms with Gasteiger partial charge in [0.2, 0.25) is 17.6 Å². The van der Waals surface area contributed by atoms with Crippen LogP contribution in [-0.4, -0.2) is 84.3 Å². The molecule has 5 amide bonds. The molecular formula is C29H47N5O7. The Morgan fingerprint density at radius 3 is 2.15 bits per heavy atom. The largest absolute Gasteiger partial charge is 0.461 e. The van der Waals surface area contributed by atoms with E-state index in [2.05, 4.69) is 27.8 Å². The van der Waals surface area contributed by atoms with Crippen molar-refractivity contribution >= 4 is 35.5 Å². The van der Waals surface area contributed by atoms with Crippen molar-refractivity contribution in [1.29, 1.82) is 0 Å². The minimum Gasteiger partial charge on any atom is -0.461 e. The maximum atomic E-state index is 13.9. The summed E-state index contributed by atoms with van der Waals surface area (Å²) in [6.45, 7) is 16.1. The molecule has 1 saturated heterocycles. The molecule has 5 atom stereocenters. The molecule has 2 aliphatic rings. The summed E-state index contributed by atoms with van der Waals surface area (Å²) in [5.41, 5.74) is -0.737. The van der Waals surface area contributed by atoms with Crippen LogP contribution >= 0.6 is 0 Å². The van der Waals surface area contributed by atoms with E-state index < -0.39 is 59.0 Å². The molecule has 41 heavy (non-hydrogen) atoms. The Balaban J connectivity index is 2.11. The quantitative estimate of drug-likeness (QED) is 0.146. The van der Waals surface area contributed by atoms with Gasteiger partial charge < -0.3 is 30.9 Å². The molecule has 0 aromatic carbocycles. The molecule has 1 aliphatic heterocycles. The Morgan fingerprint density at radius 1 is 0.976 bits per heavy atom. The van der Waals surface area contributed by atoms with E-state index in [0.717, 1.165) is 12.8 Å². The van der Waals surface area contributed by atoms with Crippen molar-refractivity contribution < 1.29 is 33.5 Å². The third-order valence-corrected chi connectivity index (χ3v) is 7.63. The molecule has 12 nitrogen and oxygen atoms in total. The number of Topliss-reactive ketones (excluding diaryl/α,β-unsaturated/α-hetero) is 1. The van der Waals surface area contributed by atoms with Crippen LogP contribution in [0.4, 0.5) is 4.79 Å². The normalized spacial score (nSPS) is 20.8. The number of esters is 1. The van der Waals surface area contributed by atoms with Crippen molar-refractivity contribution in [2.45, 2.75) is 92.0 Å². The first-order valence-electron chi connectivity index (χ1n) is 14.3. The number of carbonyl (C=O) groups is 6. The first-order chi connectivity index (χ1) is 19.1.